The first-order chi connectivity index (χ1) is 13.5. The fourth-order valence-electron chi connectivity index (χ4n) is 2.89. The van der Waals surface area contributed by atoms with E-state index in [0.717, 1.165) is 0 Å². The maximum absolute atomic E-state index is 13.6. The van der Waals surface area contributed by atoms with Crippen molar-refractivity contribution in [3.8, 4) is 11.5 Å². The zero-order valence-corrected chi connectivity index (χ0v) is 15.0. The molecule has 142 valence electrons. The number of fused-ring (bicyclic) bond motifs is 1. The molecule has 0 aliphatic heterocycles. The summed E-state index contributed by atoms with van der Waals surface area (Å²) in [5.74, 6) is -0.0395. The number of anilines is 2. The van der Waals surface area contributed by atoms with E-state index in [1.165, 1.54) is 30.7 Å². The molecule has 0 bridgehead atoms. The number of aromatic nitrogens is 5. The zero-order chi connectivity index (χ0) is 19.7. The highest BCUT2D eigenvalue weighted by atomic mass is 19.1. The number of imidazole rings is 1. The van der Waals surface area contributed by atoms with Crippen molar-refractivity contribution in [3.05, 3.63) is 66.4 Å². The Kier molecular flexibility index (Phi) is 4.56. The van der Waals surface area contributed by atoms with E-state index >= 15 is 0 Å². The van der Waals surface area contributed by atoms with Crippen molar-refractivity contribution in [3.63, 3.8) is 0 Å². The Bertz CT molecular complexity index is 1130. The van der Waals surface area contributed by atoms with E-state index in [2.05, 4.69) is 25.3 Å². The molecule has 4 aromatic rings. The molecule has 1 atom stereocenters. The number of nitrogen functional groups attached to an aromatic ring is 1. The molecular weight excluding hydrogens is 364 g/mol. The predicted octanol–water partition coefficient (Wildman–Crippen LogP) is 3.61. The van der Waals surface area contributed by atoms with E-state index in [0.29, 0.717) is 40.8 Å². The van der Waals surface area contributed by atoms with Crippen LogP contribution >= 0.6 is 0 Å². The number of hydrogen-bond donors (Lipinski definition) is 2. The molecule has 3 N–H and O–H groups in total. The largest absolute Gasteiger partial charge is 0.394 e. The summed E-state index contributed by atoms with van der Waals surface area (Å²) >= 11 is 0. The van der Waals surface area contributed by atoms with Crippen molar-refractivity contribution < 1.29 is 8.78 Å². The van der Waals surface area contributed by atoms with E-state index in [1.54, 1.807) is 22.7 Å². The van der Waals surface area contributed by atoms with Gasteiger partial charge in [0.25, 0.3) is 0 Å². The molecule has 1 unspecified atom stereocenters. The first kappa shape index (κ1) is 17.8. The quantitative estimate of drug-likeness (QED) is 0.548. The number of nitrogens with zero attached hydrogens (tertiary/aromatic N) is 5. The molecule has 0 fully saturated rings. The fourth-order valence-corrected chi connectivity index (χ4v) is 2.89. The Labute approximate surface area is 159 Å². The van der Waals surface area contributed by atoms with Crippen molar-refractivity contribution in [2.24, 2.45) is 0 Å². The summed E-state index contributed by atoms with van der Waals surface area (Å²) in [4.78, 5) is 17.1. The Morgan fingerprint density at radius 2 is 1.86 bits per heavy atom. The van der Waals surface area contributed by atoms with Gasteiger partial charge in [0, 0.05) is 6.20 Å². The van der Waals surface area contributed by atoms with Gasteiger partial charge in [0.15, 0.2) is 11.6 Å². The van der Waals surface area contributed by atoms with E-state index in [9.17, 15) is 8.78 Å². The minimum Gasteiger partial charge on any atom is -0.394 e. The average molecular weight is 381 g/mol. The number of nitrogens with two attached hydrogens (primary N) is 1. The standard InChI is InChI=1S/C19H17F2N7/c1-2-14(15-5-3-11(20)7-23-15)26-18-13(22)8-25-19(27-18)16-9-24-17-6-4-12(21)10-28(16)17/h3-10,14H,2,22H2,1H3,(H,25,26,27). The Morgan fingerprint density at radius 1 is 1.04 bits per heavy atom. The Hall–Kier alpha value is -3.62. The molecule has 9 heteroatoms. The van der Waals surface area contributed by atoms with E-state index in [4.69, 9.17) is 5.73 Å². The van der Waals surface area contributed by atoms with Crippen LogP contribution in [0.5, 0.6) is 0 Å². The summed E-state index contributed by atoms with van der Waals surface area (Å²) in [6, 6.07) is 5.66. The summed E-state index contributed by atoms with van der Waals surface area (Å²) < 4.78 is 28.4. The first-order valence-corrected chi connectivity index (χ1v) is 8.68. The highest BCUT2D eigenvalue weighted by Gasteiger charge is 2.16. The minimum absolute atomic E-state index is 0.217. The maximum atomic E-state index is 13.6. The van der Waals surface area contributed by atoms with Gasteiger partial charge in [0.05, 0.1) is 36.0 Å². The number of halogens is 2. The van der Waals surface area contributed by atoms with Crippen LogP contribution in [-0.2, 0) is 0 Å². The number of hydrogen-bond acceptors (Lipinski definition) is 6. The molecule has 0 spiro atoms. The number of nitrogens with one attached hydrogen (secondary N) is 1. The maximum Gasteiger partial charge on any atom is 0.180 e. The van der Waals surface area contributed by atoms with Crippen molar-refractivity contribution in [1.82, 2.24) is 24.3 Å². The molecule has 4 aromatic heterocycles. The second-order valence-electron chi connectivity index (χ2n) is 6.22. The summed E-state index contributed by atoms with van der Waals surface area (Å²) in [6.45, 7) is 1.97. The highest BCUT2D eigenvalue weighted by Crippen LogP contribution is 2.26. The van der Waals surface area contributed by atoms with Crippen molar-refractivity contribution in [1.29, 1.82) is 0 Å². The lowest BCUT2D eigenvalue weighted by atomic mass is 10.1. The van der Waals surface area contributed by atoms with Gasteiger partial charge < -0.3 is 11.1 Å². The molecule has 0 radical (unpaired) electrons. The van der Waals surface area contributed by atoms with Gasteiger partial charge in [-0.05, 0) is 30.7 Å². The van der Waals surface area contributed by atoms with Gasteiger partial charge in [0.2, 0.25) is 0 Å². The van der Waals surface area contributed by atoms with E-state index in [-0.39, 0.29) is 6.04 Å². The van der Waals surface area contributed by atoms with Crippen LogP contribution in [-0.4, -0.2) is 24.3 Å². The van der Waals surface area contributed by atoms with Gasteiger partial charge in [-0.3, -0.25) is 9.38 Å². The van der Waals surface area contributed by atoms with Gasteiger partial charge in [0.1, 0.15) is 23.0 Å². The molecule has 0 aliphatic rings. The van der Waals surface area contributed by atoms with Crippen molar-refractivity contribution in [2.75, 3.05) is 11.1 Å². The third-order valence-electron chi connectivity index (χ3n) is 4.34. The highest BCUT2D eigenvalue weighted by molar-refractivity contribution is 5.66. The van der Waals surface area contributed by atoms with Gasteiger partial charge in [-0.15, -0.1) is 0 Å². The smallest absolute Gasteiger partial charge is 0.180 e. The van der Waals surface area contributed by atoms with Crippen LogP contribution in [0.15, 0.2) is 49.1 Å². The molecule has 0 aromatic carbocycles. The molecule has 28 heavy (non-hydrogen) atoms. The SMILES string of the molecule is CCC(Nc1nc(-c2cnc3ccc(F)cn23)ncc1N)c1ccc(F)cn1. The van der Waals surface area contributed by atoms with Gasteiger partial charge in [-0.1, -0.05) is 6.92 Å². The Balaban J connectivity index is 1.70. The predicted molar refractivity (Wildman–Crippen MR) is 101 cm³/mol. The lowest BCUT2D eigenvalue weighted by Gasteiger charge is -2.18. The van der Waals surface area contributed by atoms with Crippen LogP contribution in [0.25, 0.3) is 17.2 Å². The van der Waals surface area contributed by atoms with Gasteiger partial charge in [-0.2, -0.15) is 0 Å². The van der Waals surface area contributed by atoms with Gasteiger partial charge in [-0.25, -0.2) is 23.7 Å². The third-order valence-corrected chi connectivity index (χ3v) is 4.34. The third kappa shape index (κ3) is 3.34. The number of rotatable bonds is 5. The molecule has 4 heterocycles. The minimum atomic E-state index is -0.401. The molecule has 0 aliphatic carbocycles. The second kappa shape index (κ2) is 7.18. The lowest BCUT2D eigenvalue weighted by molar-refractivity contribution is 0.614. The molecule has 0 saturated carbocycles. The van der Waals surface area contributed by atoms with Crippen LogP contribution in [0.3, 0.4) is 0 Å². The van der Waals surface area contributed by atoms with Gasteiger partial charge >= 0.3 is 0 Å². The Morgan fingerprint density at radius 3 is 2.61 bits per heavy atom. The lowest BCUT2D eigenvalue weighted by Crippen LogP contribution is -2.14. The molecule has 4 rings (SSSR count). The van der Waals surface area contributed by atoms with E-state index < -0.39 is 11.6 Å². The molecule has 7 nitrogen and oxygen atoms in total. The van der Waals surface area contributed by atoms with Crippen molar-refractivity contribution in [2.45, 2.75) is 19.4 Å². The summed E-state index contributed by atoms with van der Waals surface area (Å²) in [5.41, 5.74) is 8.16. The number of pyridine rings is 2. The van der Waals surface area contributed by atoms with Crippen LogP contribution < -0.4 is 11.1 Å². The zero-order valence-electron chi connectivity index (χ0n) is 15.0. The average Bonchev–Trinajstić information content (AvgIpc) is 3.11. The topological polar surface area (TPSA) is 94.0 Å². The molecular formula is C19H17F2N7. The monoisotopic (exact) mass is 381 g/mol. The van der Waals surface area contributed by atoms with Crippen molar-refractivity contribution >= 4 is 17.2 Å². The van der Waals surface area contributed by atoms with Crippen LogP contribution in [0.4, 0.5) is 20.3 Å². The van der Waals surface area contributed by atoms with Crippen LogP contribution in [0.2, 0.25) is 0 Å². The summed E-state index contributed by atoms with van der Waals surface area (Å²) in [7, 11) is 0. The normalized spacial score (nSPS) is 12.2. The molecule has 0 saturated heterocycles. The first-order valence-electron chi connectivity index (χ1n) is 8.68. The second-order valence-corrected chi connectivity index (χ2v) is 6.22. The summed E-state index contributed by atoms with van der Waals surface area (Å²) in [6.07, 6.45) is 6.22. The molecule has 0 amide bonds. The van der Waals surface area contributed by atoms with Crippen LogP contribution in [0, 0.1) is 11.6 Å². The fraction of sp³-hybridized carbons (Fsp3) is 0.158. The van der Waals surface area contributed by atoms with E-state index in [1.807, 2.05) is 6.92 Å². The van der Waals surface area contributed by atoms with Crippen LogP contribution in [0.1, 0.15) is 25.1 Å². The summed E-state index contributed by atoms with van der Waals surface area (Å²) in [5, 5.41) is 3.23.